The largest absolute Gasteiger partial charge is 0.369 e. The van der Waals surface area contributed by atoms with Crippen molar-refractivity contribution in [2.24, 2.45) is 15.9 Å². The Hall–Kier alpha value is -3.95. The lowest BCUT2D eigenvalue weighted by Crippen LogP contribution is -2.46. The van der Waals surface area contributed by atoms with Crippen LogP contribution in [0.4, 0.5) is 10.1 Å². The number of rotatable bonds is 6. The second-order valence-corrected chi connectivity index (χ2v) is 8.04. The second-order valence-electron chi connectivity index (χ2n) is 8.04. The van der Waals surface area contributed by atoms with Crippen molar-refractivity contribution in [2.45, 2.75) is 12.6 Å². The molecule has 34 heavy (non-hydrogen) atoms. The van der Waals surface area contributed by atoms with Crippen LogP contribution in [0.5, 0.6) is 0 Å². The SMILES string of the molecule is NN=C(C=Nc1ccc2[nH]nc(-c3ccncc3)c2c1)C1CN(Cc2ccccc2F)CCO1. The van der Waals surface area contributed by atoms with Crippen LogP contribution in [0, 0.1) is 5.82 Å². The van der Waals surface area contributed by atoms with Crippen molar-refractivity contribution in [3.05, 3.63) is 78.4 Å². The van der Waals surface area contributed by atoms with Gasteiger partial charge in [0.1, 0.15) is 23.3 Å². The zero-order valence-electron chi connectivity index (χ0n) is 18.4. The Morgan fingerprint density at radius 3 is 2.88 bits per heavy atom. The third kappa shape index (κ3) is 4.70. The predicted octanol–water partition coefficient (Wildman–Crippen LogP) is 3.68. The van der Waals surface area contributed by atoms with Gasteiger partial charge in [0.15, 0.2) is 0 Å². The first-order valence-corrected chi connectivity index (χ1v) is 11.0. The van der Waals surface area contributed by atoms with Crippen molar-refractivity contribution in [1.29, 1.82) is 0 Å². The molecule has 0 spiro atoms. The summed E-state index contributed by atoms with van der Waals surface area (Å²) in [5.41, 5.74) is 4.64. The van der Waals surface area contributed by atoms with Crippen LogP contribution in [-0.4, -0.2) is 57.8 Å². The molecule has 172 valence electrons. The monoisotopic (exact) mass is 457 g/mol. The van der Waals surface area contributed by atoms with E-state index < -0.39 is 0 Å². The molecule has 1 aliphatic rings. The van der Waals surface area contributed by atoms with Crippen LogP contribution in [0.15, 0.2) is 77.1 Å². The lowest BCUT2D eigenvalue weighted by atomic mass is 10.1. The Kier molecular flexibility index (Phi) is 6.37. The molecule has 3 heterocycles. The third-order valence-corrected chi connectivity index (χ3v) is 5.83. The van der Waals surface area contributed by atoms with E-state index in [0.29, 0.717) is 37.5 Å². The van der Waals surface area contributed by atoms with E-state index >= 15 is 0 Å². The van der Waals surface area contributed by atoms with Crippen LogP contribution in [0.1, 0.15) is 5.56 Å². The van der Waals surface area contributed by atoms with Gasteiger partial charge < -0.3 is 10.6 Å². The number of aromatic nitrogens is 3. The van der Waals surface area contributed by atoms with Gasteiger partial charge in [-0.2, -0.15) is 10.2 Å². The summed E-state index contributed by atoms with van der Waals surface area (Å²) in [6, 6.07) is 16.4. The number of hydrogen-bond acceptors (Lipinski definition) is 7. The summed E-state index contributed by atoms with van der Waals surface area (Å²) in [7, 11) is 0. The van der Waals surface area contributed by atoms with Crippen molar-refractivity contribution >= 4 is 28.5 Å². The van der Waals surface area contributed by atoms with Crippen LogP contribution >= 0.6 is 0 Å². The lowest BCUT2D eigenvalue weighted by Gasteiger charge is -2.32. The number of hydrazone groups is 1. The highest BCUT2D eigenvalue weighted by Crippen LogP contribution is 2.29. The maximum absolute atomic E-state index is 14.1. The van der Waals surface area contributed by atoms with E-state index in [1.165, 1.54) is 6.07 Å². The first-order valence-electron chi connectivity index (χ1n) is 11.0. The number of aliphatic imine (C=N–C) groups is 1. The van der Waals surface area contributed by atoms with E-state index in [0.717, 1.165) is 27.8 Å². The fourth-order valence-corrected chi connectivity index (χ4v) is 4.05. The van der Waals surface area contributed by atoms with Crippen molar-refractivity contribution in [2.75, 3.05) is 19.7 Å². The molecular weight excluding hydrogens is 433 g/mol. The van der Waals surface area contributed by atoms with Gasteiger partial charge in [0, 0.05) is 48.5 Å². The van der Waals surface area contributed by atoms with Crippen molar-refractivity contribution < 1.29 is 9.13 Å². The molecule has 9 heteroatoms. The van der Waals surface area contributed by atoms with E-state index in [1.54, 1.807) is 30.7 Å². The Morgan fingerprint density at radius 2 is 2.06 bits per heavy atom. The molecule has 5 rings (SSSR count). The Labute approximate surface area is 196 Å². The first-order chi connectivity index (χ1) is 16.7. The highest BCUT2D eigenvalue weighted by molar-refractivity contribution is 6.33. The summed E-state index contributed by atoms with van der Waals surface area (Å²) >= 11 is 0. The van der Waals surface area contributed by atoms with Crippen LogP contribution in [0.3, 0.4) is 0 Å². The van der Waals surface area contributed by atoms with Gasteiger partial charge in [0.25, 0.3) is 0 Å². The van der Waals surface area contributed by atoms with Gasteiger partial charge in [-0.15, -0.1) is 0 Å². The van der Waals surface area contributed by atoms with E-state index in [4.69, 9.17) is 10.6 Å². The minimum atomic E-state index is -0.348. The lowest BCUT2D eigenvalue weighted by molar-refractivity contribution is 0.00385. The van der Waals surface area contributed by atoms with Crippen molar-refractivity contribution in [3.8, 4) is 11.3 Å². The fourth-order valence-electron chi connectivity index (χ4n) is 4.05. The van der Waals surface area contributed by atoms with Gasteiger partial charge in [0.2, 0.25) is 0 Å². The van der Waals surface area contributed by atoms with E-state index in [1.807, 2.05) is 36.4 Å². The average Bonchev–Trinajstić information content (AvgIpc) is 3.30. The Morgan fingerprint density at radius 1 is 1.21 bits per heavy atom. The van der Waals surface area contributed by atoms with Gasteiger partial charge >= 0.3 is 0 Å². The molecular formula is C25H24FN7O. The van der Waals surface area contributed by atoms with E-state index in [2.05, 4.69) is 30.2 Å². The van der Waals surface area contributed by atoms with Crippen LogP contribution < -0.4 is 5.84 Å². The number of morpholine rings is 1. The van der Waals surface area contributed by atoms with Crippen molar-refractivity contribution in [3.63, 3.8) is 0 Å². The van der Waals surface area contributed by atoms with E-state index in [9.17, 15) is 4.39 Å². The number of H-pyrrole nitrogens is 1. The third-order valence-electron chi connectivity index (χ3n) is 5.83. The molecule has 1 saturated heterocycles. The fraction of sp³-hybridized carbons (Fsp3) is 0.200. The smallest absolute Gasteiger partial charge is 0.127 e. The quantitative estimate of drug-likeness (QED) is 0.261. The maximum atomic E-state index is 14.1. The molecule has 0 saturated carbocycles. The molecule has 0 amide bonds. The summed E-state index contributed by atoms with van der Waals surface area (Å²) in [6.45, 7) is 2.25. The standard InChI is InChI=1S/C25H24FN7O/c26-21-4-2-1-3-18(21)15-33-11-12-34-24(16-33)23(30-27)14-29-19-5-6-22-20(13-19)25(32-31-22)17-7-9-28-10-8-17/h1-10,13-14,24H,11-12,15-16,27H2,(H,31,32). The number of fused-ring (bicyclic) bond motifs is 1. The van der Waals surface area contributed by atoms with Crippen molar-refractivity contribution in [1.82, 2.24) is 20.1 Å². The molecule has 4 aromatic rings. The normalized spacial score (nSPS) is 17.6. The zero-order chi connectivity index (χ0) is 23.3. The molecule has 1 fully saturated rings. The topological polar surface area (TPSA) is 105 Å². The second kappa shape index (κ2) is 9.90. The molecule has 8 nitrogen and oxygen atoms in total. The number of ether oxygens (including phenoxy) is 1. The number of aromatic amines is 1. The highest BCUT2D eigenvalue weighted by atomic mass is 19.1. The van der Waals surface area contributed by atoms with Crippen LogP contribution in [0.2, 0.25) is 0 Å². The van der Waals surface area contributed by atoms with Gasteiger partial charge in [0.05, 0.1) is 24.0 Å². The summed E-state index contributed by atoms with van der Waals surface area (Å²) < 4.78 is 20.0. The minimum absolute atomic E-state index is 0.208. The molecule has 0 bridgehead atoms. The molecule has 2 aromatic heterocycles. The number of hydrogen-bond donors (Lipinski definition) is 2. The van der Waals surface area contributed by atoms with Gasteiger partial charge in [-0.3, -0.25) is 20.0 Å². The maximum Gasteiger partial charge on any atom is 0.127 e. The van der Waals surface area contributed by atoms with Gasteiger partial charge in [-0.05, 0) is 36.4 Å². The number of nitrogens with two attached hydrogens (primary N) is 1. The molecule has 3 N–H and O–H groups in total. The Balaban J connectivity index is 1.32. The molecule has 2 aromatic carbocycles. The number of halogens is 1. The minimum Gasteiger partial charge on any atom is -0.369 e. The van der Waals surface area contributed by atoms with Crippen LogP contribution in [0.25, 0.3) is 22.2 Å². The summed E-state index contributed by atoms with van der Waals surface area (Å²) in [5, 5.41) is 12.4. The van der Waals surface area contributed by atoms with Gasteiger partial charge in [-0.25, -0.2) is 4.39 Å². The van der Waals surface area contributed by atoms with E-state index in [-0.39, 0.29) is 11.9 Å². The Bertz CT molecular complexity index is 1340. The molecule has 1 atom stereocenters. The average molecular weight is 458 g/mol. The first kappa shape index (κ1) is 21.9. The summed E-state index contributed by atoms with van der Waals surface area (Å²) in [6.07, 6.45) is 4.76. The summed E-state index contributed by atoms with van der Waals surface area (Å²) in [4.78, 5) is 10.8. The molecule has 0 radical (unpaired) electrons. The summed E-state index contributed by atoms with van der Waals surface area (Å²) in [5.74, 6) is 5.47. The number of benzene rings is 2. The highest BCUT2D eigenvalue weighted by Gasteiger charge is 2.25. The zero-order valence-corrected chi connectivity index (χ0v) is 18.4. The molecule has 1 unspecified atom stereocenters. The van der Waals surface area contributed by atoms with Crippen LogP contribution in [-0.2, 0) is 11.3 Å². The molecule has 1 aliphatic heterocycles. The predicted molar refractivity (Wildman–Crippen MR) is 131 cm³/mol. The number of nitrogens with one attached hydrogen (secondary N) is 1. The number of pyridine rings is 1. The van der Waals surface area contributed by atoms with Gasteiger partial charge in [-0.1, -0.05) is 18.2 Å². The number of nitrogens with zero attached hydrogens (tertiary/aromatic N) is 5. The molecule has 0 aliphatic carbocycles.